The van der Waals surface area contributed by atoms with Gasteiger partial charge in [-0.15, -0.1) is 0 Å². The predicted molar refractivity (Wildman–Crippen MR) is 75.4 cm³/mol. The number of morpholine rings is 1. The molecule has 2 unspecified atom stereocenters. The summed E-state index contributed by atoms with van der Waals surface area (Å²) in [7, 11) is 0. The average molecular weight is 286 g/mol. The zero-order valence-corrected chi connectivity index (χ0v) is 12.8. The molecule has 0 spiro atoms. The Labute approximate surface area is 120 Å². The zero-order valence-electron chi connectivity index (χ0n) is 12.8. The fourth-order valence-corrected chi connectivity index (χ4v) is 1.91. The van der Waals surface area contributed by atoms with E-state index in [0.717, 1.165) is 19.3 Å². The maximum Gasteiger partial charge on any atom is 0.407 e. The first-order valence-corrected chi connectivity index (χ1v) is 7.18. The molecule has 6 heteroatoms. The van der Waals surface area contributed by atoms with E-state index >= 15 is 0 Å². The molecule has 0 radical (unpaired) electrons. The summed E-state index contributed by atoms with van der Waals surface area (Å²) in [5, 5.41) is 5.86. The highest BCUT2D eigenvalue weighted by molar-refractivity contribution is 5.76. The summed E-state index contributed by atoms with van der Waals surface area (Å²) in [5.41, 5.74) is -0.476. The van der Waals surface area contributed by atoms with Crippen LogP contribution in [0.3, 0.4) is 0 Å². The normalized spacial score (nSPS) is 23.1. The highest BCUT2D eigenvalue weighted by atomic mass is 16.6. The number of cyclic esters (lactones) is 1. The van der Waals surface area contributed by atoms with Crippen LogP contribution in [0.15, 0.2) is 0 Å². The van der Waals surface area contributed by atoms with Crippen LogP contribution in [0.4, 0.5) is 4.79 Å². The molecule has 1 heterocycles. The number of carbonyl (C=O) groups excluding carboxylic acids is 2. The average Bonchev–Trinajstić information content (AvgIpc) is 2.28. The Morgan fingerprint density at radius 2 is 2.15 bits per heavy atom. The molecule has 0 bridgehead atoms. The Bertz CT molecular complexity index is 339. The number of ether oxygens (including phenoxy) is 2. The molecule has 6 nitrogen and oxygen atoms in total. The van der Waals surface area contributed by atoms with Gasteiger partial charge in [0.05, 0.1) is 0 Å². The summed E-state index contributed by atoms with van der Waals surface area (Å²) in [6.45, 7) is 8.60. The van der Waals surface area contributed by atoms with E-state index in [-0.39, 0.29) is 18.1 Å². The van der Waals surface area contributed by atoms with Gasteiger partial charge in [-0.2, -0.15) is 0 Å². The Morgan fingerprint density at radius 1 is 1.45 bits per heavy atom. The van der Waals surface area contributed by atoms with Crippen LogP contribution in [-0.4, -0.2) is 42.9 Å². The topological polar surface area (TPSA) is 76.7 Å². The first kappa shape index (κ1) is 16.8. The SMILES string of the molecule is CC1CNC(CCCCNC(=O)OC(C)(C)C)C(=O)O1. The van der Waals surface area contributed by atoms with Gasteiger partial charge >= 0.3 is 12.1 Å². The number of hydrogen-bond acceptors (Lipinski definition) is 5. The minimum Gasteiger partial charge on any atom is -0.460 e. The van der Waals surface area contributed by atoms with E-state index in [0.29, 0.717) is 13.1 Å². The number of unbranched alkanes of at least 4 members (excludes halogenated alkanes) is 1. The number of carbonyl (C=O) groups is 2. The van der Waals surface area contributed by atoms with Crippen LogP contribution < -0.4 is 10.6 Å². The summed E-state index contributed by atoms with van der Waals surface area (Å²) < 4.78 is 10.3. The minimum absolute atomic E-state index is 0.0485. The number of alkyl carbamates (subject to hydrolysis) is 1. The van der Waals surface area contributed by atoms with Crippen molar-refractivity contribution in [2.75, 3.05) is 13.1 Å². The highest BCUT2D eigenvalue weighted by Crippen LogP contribution is 2.09. The van der Waals surface area contributed by atoms with Crippen LogP contribution >= 0.6 is 0 Å². The molecule has 116 valence electrons. The van der Waals surface area contributed by atoms with Gasteiger partial charge in [0.15, 0.2) is 0 Å². The van der Waals surface area contributed by atoms with Gasteiger partial charge in [0.1, 0.15) is 17.7 Å². The van der Waals surface area contributed by atoms with Crippen molar-refractivity contribution in [1.29, 1.82) is 0 Å². The van der Waals surface area contributed by atoms with E-state index in [1.54, 1.807) is 0 Å². The number of hydrogen-bond donors (Lipinski definition) is 2. The molecule has 0 saturated carbocycles. The summed E-state index contributed by atoms with van der Waals surface area (Å²) in [4.78, 5) is 23.0. The van der Waals surface area contributed by atoms with Gasteiger partial charge in [-0.3, -0.25) is 4.79 Å². The lowest BCUT2D eigenvalue weighted by Gasteiger charge is -2.27. The molecular formula is C14H26N2O4. The maximum atomic E-state index is 11.6. The third-order valence-electron chi connectivity index (χ3n) is 2.84. The van der Waals surface area contributed by atoms with Gasteiger partial charge in [0, 0.05) is 13.1 Å². The van der Waals surface area contributed by atoms with E-state index in [9.17, 15) is 9.59 Å². The van der Waals surface area contributed by atoms with Gasteiger partial charge in [-0.05, 0) is 47.0 Å². The van der Waals surface area contributed by atoms with Gasteiger partial charge in [0.2, 0.25) is 0 Å². The van der Waals surface area contributed by atoms with Gasteiger partial charge in [0.25, 0.3) is 0 Å². The first-order valence-electron chi connectivity index (χ1n) is 7.18. The minimum atomic E-state index is -0.476. The molecule has 0 aromatic rings. The van der Waals surface area contributed by atoms with E-state index in [1.165, 1.54) is 0 Å². The Balaban J connectivity index is 2.08. The van der Waals surface area contributed by atoms with Crippen LogP contribution in [0.5, 0.6) is 0 Å². The monoisotopic (exact) mass is 286 g/mol. The third kappa shape index (κ3) is 6.75. The molecule has 0 aliphatic carbocycles. The van der Waals surface area contributed by atoms with E-state index in [4.69, 9.17) is 9.47 Å². The van der Waals surface area contributed by atoms with Gasteiger partial charge in [-0.1, -0.05) is 0 Å². The lowest BCUT2D eigenvalue weighted by Crippen LogP contribution is -2.48. The number of esters is 1. The second kappa shape index (κ2) is 7.47. The molecule has 20 heavy (non-hydrogen) atoms. The maximum absolute atomic E-state index is 11.6. The molecule has 1 rings (SSSR count). The second-order valence-electron chi connectivity index (χ2n) is 6.13. The Hall–Kier alpha value is -1.30. The van der Waals surface area contributed by atoms with Crippen molar-refractivity contribution in [3.05, 3.63) is 0 Å². The first-order chi connectivity index (χ1) is 9.28. The number of rotatable bonds is 5. The van der Waals surface area contributed by atoms with Crippen LogP contribution in [0, 0.1) is 0 Å². The fourth-order valence-electron chi connectivity index (χ4n) is 1.91. The Morgan fingerprint density at radius 3 is 2.75 bits per heavy atom. The summed E-state index contributed by atoms with van der Waals surface area (Å²) >= 11 is 0. The van der Waals surface area contributed by atoms with Crippen molar-refractivity contribution in [2.45, 2.75) is 64.7 Å². The summed E-state index contributed by atoms with van der Waals surface area (Å²) in [6, 6.07) is -0.215. The molecular weight excluding hydrogens is 260 g/mol. The van der Waals surface area contributed by atoms with Crippen molar-refractivity contribution in [3.8, 4) is 0 Å². The second-order valence-corrected chi connectivity index (χ2v) is 6.13. The van der Waals surface area contributed by atoms with E-state index in [1.807, 2.05) is 27.7 Å². The lowest BCUT2D eigenvalue weighted by atomic mass is 10.1. The van der Waals surface area contributed by atoms with E-state index in [2.05, 4.69) is 10.6 Å². The van der Waals surface area contributed by atoms with Gasteiger partial charge < -0.3 is 20.1 Å². The van der Waals surface area contributed by atoms with Crippen LogP contribution in [0.25, 0.3) is 0 Å². The molecule has 0 aromatic heterocycles. The van der Waals surface area contributed by atoms with Crippen molar-refractivity contribution < 1.29 is 19.1 Å². The zero-order chi connectivity index (χ0) is 15.2. The smallest absolute Gasteiger partial charge is 0.407 e. The highest BCUT2D eigenvalue weighted by Gasteiger charge is 2.26. The lowest BCUT2D eigenvalue weighted by molar-refractivity contribution is -0.155. The number of nitrogens with one attached hydrogen (secondary N) is 2. The van der Waals surface area contributed by atoms with Crippen molar-refractivity contribution in [1.82, 2.24) is 10.6 Å². The Kier molecular flexibility index (Phi) is 6.26. The van der Waals surface area contributed by atoms with Crippen LogP contribution in [0.1, 0.15) is 47.0 Å². The standard InChI is InChI=1S/C14H26N2O4/c1-10-9-16-11(12(17)19-10)7-5-6-8-15-13(18)20-14(2,3)4/h10-11,16H,5-9H2,1-4H3,(H,15,18). The quantitative estimate of drug-likeness (QED) is 0.593. The van der Waals surface area contributed by atoms with Crippen LogP contribution in [-0.2, 0) is 14.3 Å². The fraction of sp³-hybridized carbons (Fsp3) is 0.857. The summed E-state index contributed by atoms with van der Waals surface area (Å²) in [6.07, 6.45) is 1.92. The third-order valence-corrected chi connectivity index (χ3v) is 2.84. The molecule has 1 saturated heterocycles. The van der Waals surface area contributed by atoms with Gasteiger partial charge in [-0.25, -0.2) is 4.79 Å². The number of amides is 1. The molecule has 1 aliphatic rings. The molecule has 1 amide bonds. The molecule has 2 N–H and O–H groups in total. The predicted octanol–water partition coefficient (Wildman–Crippen LogP) is 1.58. The van der Waals surface area contributed by atoms with Crippen molar-refractivity contribution >= 4 is 12.1 Å². The summed E-state index contributed by atoms with van der Waals surface area (Å²) in [5.74, 6) is -0.177. The molecule has 0 aromatic carbocycles. The van der Waals surface area contributed by atoms with E-state index < -0.39 is 11.7 Å². The van der Waals surface area contributed by atoms with Crippen LogP contribution in [0.2, 0.25) is 0 Å². The molecule has 1 aliphatic heterocycles. The molecule has 2 atom stereocenters. The van der Waals surface area contributed by atoms with Crippen molar-refractivity contribution in [2.24, 2.45) is 0 Å². The molecule has 1 fully saturated rings. The van der Waals surface area contributed by atoms with Crippen molar-refractivity contribution in [3.63, 3.8) is 0 Å². The largest absolute Gasteiger partial charge is 0.460 e.